The van der Waals surface area contributed by atoms with Crippen molar-refractivity contribution in [1.29, 1.82) is 0 Å². The van der Waals surface area contributed by atoms with Crippen LogP contribution in [0.5, 0.6) is 0 Å². The van der Waals surface area contributed by atoms with Crippen LogP contribution in [0, 0.1) is 6.92 Å². The van der Waals surface area contributed by atoms with Crippen LogP contribution >= 0.6 is 11.8 Å². The third kappa shape index (κ3) is 4.17. The second-order valence-electron chi connectivity index (χ2n) is 5.90. The summed E-state index contributed by atoms with van der Waals surface area (Å²) in [5, 5.41) is 9.12. The first-order valence-electron chi connectivity index (χ1n) is 8.37. The molecule has 0 N–H and O–H groups in total. The topological polar surface area (TPSA) is 45.0 Å². The van der Waals surface area contributed by atoms with Crippen LogP contribution in [-0.2, 0) is 11.3 Å². The van der Waals surface area contributed by atoms with Crippen molar-refractivity contribution in [2.75, 3.05) is 0 Å². The number of aryl methyl sites for hydroxylation is 1. The number of carbonyl (C=O) groups is 1. The fraction of sp³-hybridized carbons (Fsp3) is 0.250. The Labute approximate surface area is 152 Å². The smallest absolute Gasteiger partial charge is 0.242 e. The normalized spacial score (nSPS) is 19.3. The van der Waals surface area contributed by atoms with Crippen molar-refractivity contribution in [1.82, 2.24) is 4.90 Å². The maximum absolute atomic E-state index is 12.7. The fourth-order valence-corrected chi connectivity index (χ4v) is 3.66. The van der Waals surface area contributed by atoms with E-state index in [-0.39, 0.29) is 11.2 Å². The van der Waals surface area contributed by atoms with Gasteiger partial charge in [0.2, 0.25) is 5.91 Å². The Morgan fingerprint density at radius 2 is 1.84 bits per heavy atom. The number of hydrogen-bond acceptors (Lipinski definition) is 4. The van der Waals surface area contributed by atoms with Crippen molar-refractivity contribution in [3.05, 3.63) is 71.3 Å². The molecule has 128 valence electrons. The summed E-state index contributed by atoms with van der Waals surface area (Å²) in [5.74, 6) is 0.115. The molecule has 1 amide bonds. The second-order valence-corrected chi connectivity index (χ2v) is 7.07. The maximum atomic E-state index is 12.7. The minimum atomic E-state index is -0.0744. The van der Waals surface area contributed by atoms with Gasteiger partial charge in [0.05, 0.1) is 18.0 Å². The molecule has 1 aliphatic heterocycles. The average molecular weight is 351 g/mol. The molecule has 1 atom stereocenters. The van der Waals surface area contributed by atoms with E-state index >= 15 is 0 Å². The molecule has 0 spiro atoms. The minimum Gasteiger partial charge on any atom is -0.284 e. The highest BCUT2D eigenvalue weighted by Gasteiger charge is 2.37. The summed E-state index contributed by atoms with van der Waals surface area (Å²) in [6, 6.07) is 17.9. The zero-order chi connectivity index (χ0) is 17.6. The van der Waals surface area contributed by atoms with Crippen molar-refractivity contribution in [3.63, 3.8) is 0 Å². The van der Waals surface area contributed by atoms with E-state index < -0.39 is 0 Å². The standard InChI is InChI=1S/C20H21N3OS/c1-3-18-19(24)23(14-17-12-8-7-9-15(17)2)20(25-18)22-21-13-16-10-5-4-6-11-16/h4-13,18H,3,14H2,1-2H3/b21-13+,22-20+. The third-order valence-corrected chi connectivity index (χ3v) is 5.46. The van der Waals surface area contributed by atoms with Crippen molar-refractivity contribution < 1.29 is 4.79 Å². The molecule has 0 aromatic heterocycles. The quantitative estimate of drug-likeness (QED) is 0.597. The van der Waals surface area contributed by atoms with E-state index in [0.717, 1.165) is 17.5 Å². The minimum absolute atomic E-state index is 0.0744. The molecule has 2 aromatic carbocycles. The summed E-state index contributed by atoms with van der Waals surface area (Å²) in [6.45, 7) is 4.62. The van der Waals surface area contributed by atoms with E-state index in [0.29, 0.717) is 11.7 Å². The van der Waals surface area contributed by atoms with E-state index in [2.05, 4.69) is 29.3 Å². The molecule has 1 heterocycles. The zero-order valence-electron chi connectivity index (χ0n) is 14.4. The molecule has 1 aliphatic rings. The SMILES string of the molecule is CCC1S/C(=N/N=C/c2ccccc2)N(Cc2ccccc2C)C1=O. The number of thioether (sulfide) groups is 1. The summed E-state index contributed by atoms with van der Waals surface area (Å²) >= 11 is 1.50. The molecule has 1 fully saturated rings. The largest absolute Gasteiger partial charge is 0.284 e. The van der Waals surface area contributed by atoms with Gasteiger partial charge in [0.25, 0.3) is 0 Å². The van der Waals surface area contributed by atoms with E-state index in [1.54, 1.807) is 11.1 Å². The summed E-state index contributed by atoms with van der Waals surface area (Å²) in [5.41, 5.74) is 3.29. The maximum Gasteiger partial charge on any atom is 0.242 e. The Bertz CT molecular complexity index is 802. The van der Waals surface area contributed by atoms with Gasteiger partial charge in [0.15, 0.2) is 5.17 Å². The van der Waals surface area contributed by atoms with Gasteiger partial charge in [0.1, 0.15) is 0 Å². The molecule has 1 saturated heterocycles. The molecule has 25 heavy (non-hydrogen) atoms. The molecule has 5 heteroatoms. The van der Waals surface area contributed by atoms with Gasteiger partial charge in [0, 0.05) is 0 Å². The number of nitrogens with zero attached hydrogens (tertiary/aromatic N) is 3. The molecule has 3 rings (SSSR count). The Morgan fingerprint density at radius 3 is 2.56 bits per heavy atom. The van der Waals surface area contributed by atoms with Crippen LogP contribution in [0.25, 0.3) is 0 Å². The van der Waals surface area contributed by atoms with Crippen LogP contribution in [0.3, 0.4) is 0 Å². The summed E-state index contributed by atoms with van der Waals surface area (Å²) in [6.07, 6.45) is 2.50. The Morgan fingerprint density at radius 1 is 1.12 bits per heavy atom. The van der Waals surface area contributed by atoms with Crippen LogP contribution in [0.1, 0.15) is 30.0 Å². The van der Waals surface area contributed by atoms with Crippen molar-refractivity contribution in [3.8, 4) is 0 Å². The monoisotopic (exact) mass is 351 g/mol. The highest BCUT2D eigenvalue weighted by Crippen LogP contribution is 2.31. The van der Waals surface area contributed by atoms with Crippen LogP contribution in [0.2, 0.25) is 0 Å². The zero-order valence-corrected chi connectivity index (χ0v) is 15.2. The van der Waals surface area contributed by atoms with Gasteiger partial charge < -0.3 is 0 Å². The van der Waals surface area contributed by atoms with E-state index in [1.165, 1.54) is 17.3 Å². The molecule has 0 bridgehead atoms. The molecular formula is C20H21N3OS. The predicted molar refractivity (Wildman–Crippen MR) is 105 cm³/mol. The van der Waals surface area contributed by atoms with Gasteiger partial charge >= 0.3 is 0 Å². The lowest BCUT2D eigenvalue weighted by Crippen LogP contribution is -2.31. The molecule has 4 nitrogen and oxygen atoms in total. The van der Waals surface area contributed by atoms with Gasteiger partial charge in [-0.25, -0.2) is 0 Å². The average Bonchev–Trinajstić information content (AvgIpc) is 2.93. The second kappa shape index (κ2) is 8.12. The first-order valence-corrected chi connectivity index (χ1v) is 9.25. The first kappa shape index (κ1) is 17.4. The Kier molecular flexibility index (Phi) is 5.66. The van der Waals surface area contributed by atoms with Gasteiger partial charge in [-0.05, 0) is 30.0 Å². The first-order chi connectivity index (χ1) is 12.2. The molecule has 0 radical (unpaired) electrons. The number of hydrogen-bond donors (Lipinski definition) is 0. The van der Waals surface area contributed by atoms with Crippen LogP contribution in [0.15, 0.2) is 64.8 Å². The van der Waals surface area contributed by atoms with Gasteiger partial charge in [-0.1, -0.05) is 73.3 Å². The fourth-order valence-electron chi connectivity index (χ4n) is 2.63. The number of rotatable bonds is 5. The molecular weight excluding hydrogens is 330 g/mol. The Hall–Kier alpha value is -2.40. The third-order valence-electron chi connectivity index (χ3n) is 4.13. The number of amidine groups is 1. The van der Waals surface area contributed by atoms with E-state index in [9.17, 15) is 4.79 Å². The lowest BCUT2D eigenvalue weighted by Gasteiger charge is -2.17. The van der Waals surface area contributed by atoms with E-state index in [4.69, 9.17) is 0 Å². The molecule has 0 saturated carbocycles. The predicted octanol–water partition coefficient (Wildman–Crippen LogP) is 4.24. The lowest BCUT2D eigenvalue weighted by atomic mass is 10.1. The molecule has 0 aliphatic carbocycles. The highest BCUT2D eigenvalue weighted by atomic mass is 32.2. The molecule has 2 aromatic rings. The number of amides is 1. The highest BCUT2D eigenvalue weighted by molar-refractivity contribution is 8.15. The van der Waals surface area contributed by atoms with Gasteiger partial charge in [-0.2, -0.15) is 5.10 Å². The lowest BCUT2D eigenvalue weighted by molar-refractivity contribution is -0.126. The summed E-state index contributed by atoms with van der Waals surface area (Å²) < 4.78 is 0. The summed E-state index contributed by atoms with van der Waals surface area (Å²) in [4.78, 5) is 14.4. The molecule has 1 unspecified atom stereocenters. The van der Waals surface area contributed by atoms with Crippen molar-refractivity contribution in [2.45, 2.75) is 32.1 Å². The summed E-state index contributed by atoms with van der Waals surface area (Å²) in [7, 11) is 0. The van der Waals surface area contributed by atoms with Gasteiger partial charge in [-0.3, -0.25) is 9.69 Å². The van der Waals surface area contributed by atoms with Crippen molar-refractivity contribution >= 4 is 29.1 Å². The Balaban J connectivity index is 1.82. The number of benzene rings is 2. The van der Waals surface area contributed by atoms with E-state index in [1.807, 2.05) is 49.4 Å². The van der Waals surface area contributed by atoms with Crippen LogP contribution in [-0.4, -0.2) is 27.4 Å². The van der Waals surface area contributed by atoms with Crippen molar-refractivity contribution in [2.24, 2.45) is 10.2 Å². The number of carbonyl (C=O) groups excluding carboxylic acids is 1. The van der Waals surface area contributed by atoms with Crippen LogP contribution < -0.4 is 0 Å². The van der Waals surface area contributed by atoms with Crippen LogP contribution in [0.4, 0.5) is 0 Å². The van der Waals surface area contributed by atoms with Gasteiger partial charge in [-0.15, -0.1) is 5.10 Å².